The highest BCUT2D eigenvalue weighted by Crippen LogP contribution is 2.26. The smallest absolute Gasteiger partial charge is 0.243 e. The first kappa shape index (κ1) is 16.8. The second kappa shape index (κ2) is 6.84. The second-order valence-corrected chi connectivity index (χ2v) is 7.42. The quantitative estimate of drug-likeness (QED) is 0.833. The first-order valence-electron chi connectivity index (χ1n) is 7.55. The van der Waals surface area contributed by atoms with Crippen LogP contribution in [0.2, 0.25) is 0 Å². The molecule has 0 aliphatic carbocycles. The fourth-order valence-corrected chi connectivity index (χ4v) is 3.96. The Labute approximate surface area is 141 Å². The van der Waals surface area contributed by atoms with Crippen molar-refractivity contribution < 1.29 is 17.9 Å². The molecule has 1 aromatic carbocycles. The lowest BCUT2D eigenvalue weighted by atomic mass is 10.2. The van der Waals surface area contributed by atoms with Crippen LogP contribution in [0.25, 0.3) is 0 Å². The van der Waals surface area contributed by atoms with Crippen molar-refractivity contribution >= 4 is 10.0 Å². The zero-order valence-corrected chi connectivity index (χ0v) is 14.4. The van der Waals surface area contributed by atoms with E-state index in [1.54, 1.807) is 30.6 Å². The van der Waals surface area contributed by atoms with Crippen LogP contribution in [0.3, 0.4) is 0 Å². The van der Waals surface area contributed by atoms with Gasteiger partial charge in [0.1, 0.15) is 11.9 Å². The molecule has 1 atom stereocenters. The maximum atomic E-state index is 12.9. The minimum Gasteiger partial charge on any atom is -0.497 e. The van der Waals surface area contributed by atoms with E-state index in [-0.39, 0.29) is 11.4 Å². The van der Waals surface area contributed by atoms with Gasteiger partial charge in [0.15, 0.2) is 0 Å². The monoisotopic (exact) mass is 349 g/mol. The molecule has 1 fully saturated rings. The number of sulfonamides is 1. The molecule has 1 unspecified atom stereocenters. The van der Waals surface area contributed by atoms with Gasteiger partial charge in [0.25, 0.3) is 0 Å². The van der Waals surface area contributed by atoms with Crippen LogP contribution in [-0.2, 0) is 14.8 Å². The fourth-order valence-electron chi connectivity index (χ4n) is 2.50. The molecule has 0 bridgehead atoms. The predicted molar refractivity (Wildman–Crippen MR) is 87.2 cm³/mol. The summed E-state index contributed by atoms with van der Waals surface area (Å²) in [4.78, 5) is 8.69. The molecular weight excluding hydrogens is 330 g/mol. The van der Waals surface area contributed by atoms with Crippen molar-refractivity contribution in [2.24, 2.45) is 0 Å². The topological polar surface area (TPSA) is 81.6 Å². The highest BCUT2D eigenvalue weighted by Gasteiger charge is 2.32. The lowest BCUT2D eigenvalue weighted by Gasteiger charge is -2.31. The Kier molecular flexibility index (Phi) is 4.79. The zero-order chi connectivity index (χ0) is 17.2. The number of hydrogen-bond acceptors (Lipinski definition) is 6. The number of morpholine rings is 1. The molecule has 2 heterocycles. The van der Waals surface area contributed by atoms with Crippen LogP contribution in [0.5, 0.6) is 5.75 Å². The van der Waals surface area contributed by atoms with Crippen LogP contribution in [0, 0.1) is 6.92 Å². The van der Waals surface area contributed by atoms with Crippen molar-refractivity contribution in [2.45, 2.75) is 17.9 Å². The van der Waals surface area contributed by atoms with Gasteiger partial charge in [-0.15, -0.1) is 0 Å². The first-order chi connectivity index (χ1) is 11.5. The Morgan fingerprint density at radius 3 is 2.83 bits per heavy atom. The van der Waals surface area contributed by atoms with Crippen LogP contribution < -0.4 is 4.74 Å². The molecule has 24 heavy (non-hydrogen) atoms. The third-order valence-corrected chi connectivity index (χ3v) is 5.70. The van der Waals surface area contributed by atoms with Gasteiger partial charge < -0.3 is 9.47 Å². The molecule has 2 aromatic rings. The summed E-state index contributed by atoms with van der Waals surface area (Å²) in [5.41, 5.74) is 1.43. The summed E-state index contributed by atoms with van der Waals surface area (Å²) in [6.45, 7) is 2.66. The van der Waals surface area contributed by atoms with Crippen LogP contribution >= 0.6 is 0 Å². The maximum Gasteiger partial charge on any atom is 0.243 e. The summed E-state index contributed by atoms with van der Waals surface area (Å²) in [6, 6.07) is 6.46. The summed E-state index contributed by atoms with van der Waals surface area (Å²) >= 11 is 0. The molecule has 3 rings (SSSR count). The highest BCUT2D eigenvalue weighted by atomic mass is 32.2. The van der Waals surface area contributed by atoms with E-state index in [0.29, 0.717) is 24.6 Å². The Balaban J connectivity index is 1.84. The number of methoxy groups -OCH3 is 1. The van der Waals surface area contributed by atoms with Crippen LogP contribution in [-0.4, -0.2) is 49.5 Å². The summed E-state index contributed by atoms with van der Waals surface area (Å²) in [5.74, 6) is 0.505. The number of ether oxygens (including phenoxy) is 2. The number of rotatable bonds is 4. The van der Waals surface area contributed by atoms with Crippen molar-refractivity contribution in [1.82, 2.24) is 14.3 Å². The Bertz CT molecular complexity index is 808. The van der Waals surface area contributed by atoms with Crippen molar-refractivity contribution in [3.63, 3.8) is 0 Å². The van der Waals surface area contributed by atoms with Gasteiger partial charge in [-0.2, -0.15) is 4.31 Å². The third-order valence-electron chi connectivity index (χ3n) is 3.84. The van der Waals surface area contributed by atoms with Gasteiger partial charge in [0.2, 0.25) is 10.0 Å². The summed E-state index contributed by atoms with van der Waals surface area (Å²) in [6.07, 6.45) is 2.85. The summed E-state index contributed by atoms with van der Waals surface area (Å²) < 4.78 is 37.9. The SMILES string of the molecule is COc1cccc(S(=O)(=O)N2CCOC(c3cnc(C)cn3)C2)c1. The normalized spacial score (nSPS) is 19.2. The van der Waals surface area contributed by atoms with E-state index >= 15 is 0 Å². The molecule has 1 saturated heterocycles. The minimum atomic E-state index is -3.62. The Hall–Kier alpha value is -2.03. The molecule has 7 nitrogen and oxygen atoms in total. The number of hydrogen-bond donors (Lipinski definition) is 0. The number of benzene rings is 1. The lowest BCUT2D eigenvalue weighted by molar-refractivity contribution is -0.00516. The van der Waals surface area contributed by atoms with Gasteiger partial charge >= 0.3 is 0 Å². The van der Waals surface area contributed by atoms with Crippen molar-refractivity contribution in [3.05, 3.63) is 48.0 Å². The second-order valence-electron chi connectivity index (χ2n) is 5.48. The van der Waals surface area contributed by atoms with Crippen LogP contribution in [0.4, 0.5) is 0 Å². The molecule has 0 radical (unpaired) electrons. The Morgan fingerprint density at radius 1 is 1.29 bits per heavy atom. The van der Waals surface area contributed by atoms with Crippen molar-refractivity contribution in [3.8, 4) is 5.75 Å². The van der Waals surface area contributed by atoms with E-state index in [2.05, 4.69) is 9.97 Å². The fraction of sp³-hybridized carbons (Fsp3) is 0.375. The van der Waals surface area contributed by atoms with Gasteiger partial charge in [-0.25, -0.2) is 8.42 Å². The van der Waals surface area contributed by atoms with Crippen molar-refractivity contribution in [2.75, 3.05) is 26.8 Å². The highest BCUT2D eigenvalue weighted by molar-refractivity contribution is 7.89. The molecule has 1 aromatic heterocycles. The average molecular weight is 349 g/mol. The van der Waals surface area contributed by atoms with Gasteiger partial charge in [0.05, 0.1) is 36.2 Å². The molecule has 0 saturated carbocycles. The van der Waals surface area contributed by atoms with E-state index in [1.807, 2.05) is 6.92 Å². The Morgan fingerprint density at radius 2 is 2.12 bits per heavy atom. The molecule has 0 N–H and O–H groups in total. The number of aryl methyl sites for hydroxylation is 1. The van der Waals surface area contributed by atoms with Gasteiger partial charge in [0, 0.05) is 25.4 Å². The zero-order valence-electron chi connectivity index (χ0n) is 13.5. The number of aromatic nitrogens is 2. The van der Waals surface area contributed by atoms with E-state index in [9.17, 15) is 8.42 Å². The van der Waals surface area contributed by atoms with E-state index in [4.69, 9.17) is 9.47 Å². The van der Waals surface area contributed by atoms with Crippen LogP contribution in [0.15, 0.2) is 41.6 Å². The molecular formula is C16H19N3O4S. The average Bonchev–Trinajstić information content (AvgIpc) is 2.62. The van der Waals surface area contributed by atoms with Gasteiger partial charge in [-0.05, 0) is 19.1 Å². The van der Waals surface area contributed by atoms with Gasteiger partial charge in [-0.1, -0.05) is 6.07 Å². The molecule has 0 amide bonds. The van der Waals surface area contributed by atoms with E-state index < -0.39 is 16.1 Å². The lowest BCUT2D eigenvalue weighted by Crippen LogP contribution is -2.42. The molecule has 0 spiro atoms. The third kappa shape index (κ3) is 3.40. The first-order valence-corrected chi connectivity index (χ1v) is 8.99. The molecule has 1 aliphatic rings. The van der Waals surface area contributed by atoms with Gasteiger partial charge in [-0.3, -0.25) is 9.97 Å². The van der Waals surface area contributed by atoms with E-state index in [1.165, 1.54) is 17.5 Å². The molecule has 8 heteroatoms. The number of nitrogens with zero attached hydrogens (tertiary/aromatic N) is 3. The van der Waals surface area contributed by atoms with Crippen molar-refractivity contribution in [1.29, 1.82) is 0 Å². The predicted octanol–water partition coefficient (Wildman–Crippen LogP) is 1.56. The minimum absolute atomic E-state index is 0.206. The molecule has 1 aliphatic heterocycles. The maximum absolute atomic E-state index is 12.9. The van der Waals surface area contributed by atoms with E-state index in [0.717, 1.165) is 5.69 Å². The molecule has 128 valence electrons. The summed E-state index contributed by atoms with van der Waals surface area (Å²) in [7, 11) is -2.11. The summed E-state index contributed by atoms with van der Waals surface area (Å²) in [5, 5.41) is 0. The largest absolute Gasteiger partial charge is 0.497 e. The van der Waals surface area contributed by atoms with Crippen LogP contribution in [0.1, 0.15) is 17.5 Å². The standard InChI is InChI=1S/C16H19N3O4S/c1-12-9-18-15(10-17-12)16-11-19(6-7-23-16)24(20,21)14-5-3-4-13(8-14)22-2/h3-5,8-10,16H,6-7,11H2,1-2H3.